The van der Waals surface area contributed by atoms with Crippen molar-refractivity contribution in [2.75, 3.05) is 0 Å². The number of benzene rings is 1. The number of carbonyl (C=O) groups is 1. The van der Waals surface area contributed by atoms with E-state index in [1.165, 1.54) is 31.3 Å². The highest BCUT2D eigenvalue weighted by Crippen LogP contribution is 2.28. The molecule has 0 fully saturated rings. The van der Waals surface area contributed by atoms with E-state index in [0.717, 1.165) is 0 Å². The molecule has 0 amide bonds. The van der Waals surface area contributed by atoms with Gasteiger partial charge in [0.15, 0.2) is 0 Å². The Morgan fingerprint density at radius 1 is 1.53 bits per heavy atom. The van der Waals surface area contributed by atoms with Gasteiger partial charge in [-0.3, -0.25) is 0 Å². The van der Waals surface area contributed by atoms with Crippen molar-refractivity contribution in [3.05, 3.63) is 30.0 Å². The molecule has 0 spiro atoms. The molecule has 4 nitrogen and oxygen atoms in total. The maximum Gasteiger partial charge on any atom is 0.343 e. The minimum absolute atomic E-state index is 0.0527. The van der Waals surface area contributed by atoms with E-state index >= 15 is 0 Å². The Morgan fingerprint density at radius 2 is 2.24 bits per heavy atom. The minimum atomic E-state index is -3.06. The average Bonchev–Trinajstić information content (AvgIpc) is 2.72. The molecule has 1 N–H and O–H groups in total. The number of hydrogen-bond acceptors (Lipinski definition) is 2. The molecule has 6 heteroatoms. The van der Waals surface area contributed by atoms with E-state index in [0.29, 0.717) is 10.1 Å². The van der Waals surface area contributed by atoms with Gasteiger partial charge in [-0.25, -0.2) is 9.48 Å². The largest absolute Gasteiger partial charge is 0.478 e. The van der Waals surface area contributed by atoms with Crippen LogP contribution in [0.1, 0.15) is 23.7 Å². The second-order valence-electron chi connectivity index (χ2n) is 3.65. The van der Waals surface area contributed by atoms with Crippen LogP contribution in [0.15, 0.2) is 24.4 Å². The van der Waals surface area contributed by atoms with Gasteiger partial charge < -0.3 is 5.11 Å². The van der Waals surface area contributed by atoms with Gasteiger partial charge in [-0.05, 0) is 18.2 Å². The lowest BCUT2D eigenvalue weighted by Gasteiger charge is -2.15. The van der Waals surface area contributed by atoms with Gasteiger partial charge in [-0.15, -0.1) is 0 Å². The zero-order chi connectivity index (χ0) is 12.6. The minimum Gasteiger partial charge on any atom is -0.478 e. The summed E-state index contributed by atoms with van der Waals surface area (Å²) in [5, 5.41) is 12.8. The maximum absolute atomic E-state index is 13.5. The molecular formula is C11H10F2N2O2. The molecule has 1 aromatic heterocycles. The predicted octanol–water partition coefficient (Wildman–Crippen LogP) is 2.69. The van der Waals surface area contributed by atoms with Crippen molar-refractivity contribution in [1.29, 1.82) is 0 Å². The molecule has 0 aliphatic carbocycles. The number of nitrogens with zero attached hydrogens (tertiary/aromatic N) is 2. The summed E-state index contributed by atoms with van der Waals surface area (Å²) >= 11 is 0. The molecule has 0 aliphatic rings. The molecule has 0 saturated carbocycles. The topological polar surface area (TPSA) is 55.1 Å². The van der Waals surface area contributed by atoms with Crippen LogP contribution in [0.4, 0.5) is 8.78 Å². The average molecular weight is 240 g/mol. The molecule has 0 atom stereocenters. The van der Waals surface area contributed by atoms with Crippen LogP contribution in [-0.2, 0) is 6.05 Å². The van der Waals surface area contributed by atoms with E-state index in [2.05, 4.69) is 5.10 Å². The van der Waals surface area contributed by atoms with Crippen LogP contribution >= 0.6 is 0 Å². The highest BCUT2D eigenvalue weighted by Gasteiger charge is 2.31. The van der Waals surface area contributed by atoms with E-state index < -0.39 is 12.0 Å². The molecule has 2 aromatic rings. The predicted molar refractivity (Wildman–Crippen MR) is 57.2 cm³/mol. The number of rotatable bonds is 3. The zero-order valence-corrected chi connectivity index (χ0v) is 9.02. The Morgan fingerprint density at radius 3 is 2.82 bits per heavy atom. The number of aromatic carboxylic acids is 1. The molecule has 0 unspecified atom stereocenters. The van der Waals surface area contributed by atoms with Crippen molar-refractivity contribution in [1.82, 2.24) is 9.78 Å². The Hall–Kier alpha value is -1.98. The van der Waals surface area contributed by atoms with Crippen LogP contribution in [0.25, 0.3) is 10.9 Å². The lowest BCUT2D eigenvalue weighted by Crippen LogP contribution is -2.22. The van der Waals surface area contributed by atoms with Gasteiger partial charge in [-0.2, -0.15) is 13.9 Å². The summed E-state index contributed by atoms with van der Waals surface area (Å²) in [7, 11) is 0. The van der Waals surface area contributed by atoms with Crippen molar-refractivity contribution >= 4 is 16.9 Å². The summed E-state index contributed by atoms with van der Waals surface area (Å²) in [6, 6.07) is 0.892. The number of alkyl halides is 2. The number of aromatic nitrogens is 2. The zero-order valence-electron chi connectivity index (χ0n) is 9.02. The Kier molecular flexibility index (Phi) is 2.57. The van der Waals surface area contributed by atoms with Crippen LogP contribution in [0.3, 0.4) is 0 Å². The number of fused-ring (bicyclic) bond motifs is 1. The van der Waals surface area contributed by atoms with Crippen LogP contribution in [0.2, 0.25) is 0 Å². The molecule has 17 heavy (non-hydrogen) atoms. The third kappa shape index (κ3) is 1.86. The SMILES string of the molecule is CCC(F)(F)n1ncc2cc(C(=O)O)ccc21. The number of carboxylic acid groups (broad SMARTS) is 1. The third-order valence-corrected chi connectivity index (χ3v) is 2.55. The van der Waals surface area contributed by atoms with Gasteiger partial charge in [0.2, 0.25) is 0 Å². The van der Waals surface area contributed by atoms with Crippen LogP contribution in [0.5, 0.6) is 0 Å². The number of carboxylic acids is 1. The molecular weight excluding hydrogens is 230 g/mol. The van der Waals surface area contributed by atoms with Gasteiger partial charge in [0, 0.05) is 11.8 Å². The summed E-state index contributed by atoms with van der Waals surface area (Å²) in [6.45, 7) is 1.36. The van der Waals surface area contributed by atoms with Crippen molar-refractivity contribution < 1.29 is 18.7 Å². The summed E-state index contributed by atoms with van der Waals surface area (Å²) < 4.78 is 27.6. The Balaban J connectivity index is 2.60. The fourth-order valence-corrected chi connectivity index (χ4v) is 1.58. The first-order valence-corrected chi connectivity index (χ1v) is 5.05. The fourth-order valence-electron chi connectivity index (χ4n) is 1.58. The van der Waals surface area contributed by atoms with Crippen LogP contribution in [-0.4, -0.2) is 20.9 Å². The van der Waals surface area contributed by atoms with Crippen molar-refractivity contribution in [3.8, 4) is 0 Å². The first-order chi connectivity index (χ1) is 7.95. The second kappa shape index (κ2) is 3.80. The number of hydrogen-bond donors (Lipinski definition) is 1. The summed E-state index contributed by atoms with van der Waals surface area (Å²) in [5.41, 5.74) is 0.277. The summed E-state index contributed by atoms with van der Waals surface area (Å²) in [5.74, 6) is -1.10. The summed E-state index contributed by atoms with van der Waals surface area (Å²) in [4.78, 5) is 10.7. The molecule has 0 saturated heterocycles. The monoisotopic (exact) mass is 240 g/mol. The number of halogens is 2. The molecule has 1 aromatic carbocycles. The van der Waals surface area contributed by atoms with E-state index in [1.54, 1.807) is 0 Å². The normalized spacial score (nSPS) is 11.9. The summed E-state index contributed by atoms with van der Waals surface area (Å²) in [6.07, 6.45) is 0.871. The maximum atomic E-state index is 13.5. The molecule has 0 bridgehead atoms. The fraction of sp³-hybridized carbons (Fsp3) is 0.273. The first-order valence-electron chi connectivity index (χ1n) is 5.05. The molecule has 2 rings (SSSR count). The van der Waals surface area contributed by atoms with Gasteiger partial charge >= 0.3 is 12.0 Å². The van der Waals surface area contributed by atoms with E-state index in [1.807, 2.05) is 0 Å². The lowest BCUT2D eigenvalue weighted by molar-refractivity contribution is -0.0910. The van der Waals surface area contributed by atoms with E-state index in [9.17, 15) is 13.6 Å². The standard InChI is InChI=1S/C11H10F2N2O2/c1-2-11(12,13)15-9-4-3-7(10(16)17)5-8(9)6-14-15/h3-6H,2H2,1H3,(H,16,17). The van der Waals surface area contributed by atoms with Crippen molar-refractivity contribution in [2.24, 2.45) is 0 Å². The van der Waals surface area contributed by atoms with E-state index in [-0.39, 0.29) is 17.5 Å². The lowest BCUT2D eigenvalue weighted by atomic mass is 10.1. The van der Waals surface area contributed by atoms with Crippen LogP contribution < -0.4 is 0 Å². The van der Waals surface area contributed by atoms with Crippen molar-refractivity contribution in [2.45, 2.75) is 19.4 Å². The Bertz CT molecular complexity index is 578. The van der Waals surface area contributed by atoms with E-state index in [4.69, 9.17) is 5.11 Å². The van der Waals surface area contributed by atoms with Gasteiger partial charge in [0.1, 0.15) is 0 Å². The van der Waals surface area contributed by atoms with Gasteiger partial charge in [-0.1, -0.05) is 6.92 Å². The first kappa shape index (κ1) is 11.5. The van der Waals surface area contributed by atoms with Crippen molar-refractivity contribution in [3.63, 3.8) is 0 Å². The molecule has 1 heterocycles. The quantitative estimate of drug-likeness (QED) is 0.897. The smallest absolute Gasteiger partial charge is 0.343 e. The van der Waals surface area contributed by atoms with Gasteiger partial charge in [0.05, 0.1) is 17.3 Å². The Labute approximate surface area is 95.5 Å². The molecule has 0 aliphatic heterocycles. The molecule has 0 radical (unpaired) electrons. The van der Waals surface area contributed by atoms with Crippen LogP contribution in [0, 0.1) is 0 Å². The van der Waals surface area contributed by atoms with Gasteiger partial charge in [0.25, 0.3) is 0 Å². The second-order valence-corrected chi connectivity index (χ2v) is 3.65. The highest BCUT2D eigenvalue weighted by molar-refractivity contribution is 5.93. The third-order valence-electron chi connectivity index (χ3n) is 2.55. The highest BCUT2D eigenvalue weighted by atomic mass is 19.3. The molecule has 90 valence electrons.